The number of rotatable bonds is 6. The molecule has 4 N–H and O–H groups in total. The molecule has 24 heavy (non-hydrogen) atoms. The van der Waals surface area contributed by atoms with Crippen LogP contribution < -0.4 is 16.4 Å². The van der Waals surface area contributed by atoms with Gasteiger partial charge in [0.25, 0.3) is 5.91 Å². The molecule has 0 aliphatic rings. The number of primary amides is 1. The number of nitrogens with two attached hydrogens (primary N) is 1. The molecule has 0 radical (unpaired) electrons. The summed E-state index contributed by atoms with van der Waals surface area (Å²) in [5, 5.41) is 4.95. The molecule has 0 bridgehead atoms. The Bertz CT molecular complexity index is 729. The summed E-state index contributed by atoms with van der Waals surface area (Å²) in [5.74, 6) is -2.25. The Kier molecular flexibility index (Phi) is 6.08. The van der Waals surface area contributed by atoms with E-state index in [9.17, 15) is 14.4 Å². The lowest BCUT2D eigenvalue weighted by molar-refractivity contribution is -0.136. The van der Waals surface area contributed by atoms with Gasteiger partial charge in [-0.2, -0.15) is 0 Å². The van der Waals surface area contributed by atoms with Crippen LogP contribution in [-0.2, 0) is 16.0 Å². The van der Waals surface area contributed by atoms with E-state index in [1.807, 2.05) is 30.3 Å². The zero-order chi connectivity index (χ0) is 17.4. The molecule has 2 aromatic carbocycles. The molecule has 0 saturated heterocycles. The van der Waals surface area contributed by atoms with Crippen LogP contribution >= 0.6 is 0 Å². The minimum Gasteiger partial charge on any atom is -0.366 e. The van der Waals surface area contributed by atoms with Crippen LogP contribution in [0.25, 0.3) is 0 Å². The lowest BCUT2D eigenvalue weighted by Gasteiger charge is -2.09. The van der Waals surface area contributed by atoms with Crippen LogP contribution in [0, 0.1) is 0 Å². The third kappa shape index (κ3) is 4.95. The third-order valence-electron chi connectivity index (χ3n) is 3.42. The van der Waals surface area contributed by atoms with Gasteiger partial charge in [-0.15, -0.1) is 0 Å². The number of carbonyl (C=O) groups excluding carboxylic acids is 3. The monoisotopic (exact) mass is 325 g/mol. The maximum atomic E-state index is 11.9. The fourth-order valence-corrected chi connectivity index (χ4v) is 2.21. The van der Waals surface area contributed by atoms with E-state index >= 15 is 0 Å². The fourth-order valence-electron chi connectivity index (χ4n) is 2.21. The molecular formula is C18H19N3O3. The lowest BCUT2D eigenvalue weighted by Crippen LogP contribution is -2.36. The Morgan fingerprint density at radius 3 is 2.25 bits per heavy atom. The molecule has 0 aromatic heterocycles. The molecule has 0 fully saturated rings. The molecule has 3 amide bonds. The molecule has 0 unspecified atom stereocenters. The van der Waals surface area contributed by atoms with Gasteiger partial charge in [-0.05, 0) is 30.5 Å². The van der Waals surface area contributed by atoms with Crippen molar-refractivity contribution < 1.29 is 14.4 Å². The van der Waals surface area contributed by atoms with Crippen LogP contribution in [0.15, 0.2) is 54.6 Å². The molecule has 0 atom stereocenters. The van der Waals surface area contributed by atoms with Crippen molar-refractivity contribution in [2.45, 2.75) is 12.8 Å². The van der Waals surface area contributed by atoms with Gasteiger partial charge in [-0.1, -0.05) is 42.5 Å². The zero-order valence-electron chi connectivity index (χ0n) is 13.1. The first-order chi connectivity index (χ1) is 11.6. The Balaban J connectivity index is 1.80. The van der Waals surface area contributed by atoms with E-state index in [1.165, 1.54) is 17.7 Å². The number of nitrogens with one attached hydrogen (secondary N) is 2. The molecular weight excluding hydrogens is 306 g/mol. The number of hydrogen-bond donors (Lipinski definition) is 3. The first-order valence-corrected chi connectivity index (χ1v) is 7.60. The highest BCUT2D eigenvalue weighted by Crippen LogP contribution is 2.13. The van der Waals surface area contributed by atoms with Crippen LogP contribution in [0.1, 0.15) is 22.3 Å². The minimum absolute atomic E-state index is 0.155. The highest BCUT2D eigenvalue weighted by Gasteiger charge is 2.16. The van der Waals surface area contributed by atoms with Crippen molar-refractivity contribution in [2.75, 3.05) is 11.9 Å². The van der Waals surface area contributed by atoms with Crippen LogP contribution in [-0.4, -0.2) is 24.3 Å². The molecule has 0 spiro atoms. The summed E-state index contributed by atoms with van der Waals surface area (Å²) in [7, 11) is 0. The van der Waals surface area contributed by atoms with Gasteiger partial charge in [0.2, 0.25) is 0 Å². The van der Waals surface area contributed by atoms with E-state index in [-0.39, 0.29) is 11.3 Å². The summed E-state index contributed by atoms with van der Waals surface area (Å²) >= 11 is 0. The second-order valence-corrected chi connectivity index (χ2v) is 5.21. The van der Waals surface area contributed by atoms with Gasteiger partial charge >= 0.3 is 11.8 Å². The Morgan fingerprint density at radius 2 is 1.54 bits per heavy atom. The molecule has 6 nitrogen and oxygen atoms in total. The second kappa shape index (κ2) is 8.47. The SMILES string of the molecule is NC(=O)c1ccccc1NC(=O)C(=O)NCCCc1ccccc1. The summed E-state index contributed by atoms with van der Waals surface area (Å²) in [5.41, 5.74) is 6.77. The van der Waals surface area contributed by atoms with Gasteiger partial charge in [0.05, 0.1) is 11.3 Å². The van der Waals surface area contributed by atoms with Gasteiger partial charge < -0.3 is 16.4 Å². The first-order valence-electron chi connectivity index (χ1n) is 7.60. The number of aryl methyl sites for hydroxylation is 1. The maximum absolute atomic E-state index is 11.9. The fraction of sp³-hybridized carbons (Fsp3) is 0.167. The number of hydrogen-bond acceptors (Lipinski definition) is 3. The summed E-state index contributed by atoms with van der Waals surface area (Å²) in [6.07, 6.45) is 1.54. The van der Waals surface area contributed by atoms with Crippen molar-refractivity contribution in [3.63, 3.8) is 0 Å². The minimum atomic E-state index is -0.830. The smallest absolute Gasteiger partial charge is 0.313 e. The molecule has 0 aliphatic heterocycles. The van der Waals surface area contributed by atoms with E-state index in [0.29, 0.717) is 6.54 Å². The predicted molar refractivity (Wildman–Crippen MR) is 91.4 cm³/mol. The number of anilines is 1. The zero-order valence-corrected chi connectivity index (χ0v) is 13.1. The summed E-state index contributed by atoms with van der Waals surface area (Å²) in [6.45, 7) is 0.388. The standard InChI is InChI=1S/C18H19N3O3/c19-16(22)14-10-4-5-11-15(14)21-18(24)17(23)20-12-6-9-13-7-2-1-3-8-13/h1-5,7-8,10-11H,6,9,12H2,(H2,19,22)(H,20,23)(H,21,24). The third-order valence-corrected chi connectivity index (χ3v) is 3.42. The van der Waals surface area contributed by atoms with Crippen molar-refractivity contribution in [2.24, 2.45) is 5.73 Å². The number of benzene rings is 2. The predicted octanol–water partition coefficient (Wildman–Crippen LogP) is 1.47. The van der Waals surface area contributed by atoms with E-state index in [0.717, 1.165) is 12.8 Å². The van der Waals surface area contributed by atoms with Gasteiger partial charge in [0.1, 0.15) is 0 Å². The van der Waals surface area contributed by atoms with Crippen molar-refractivity contribution in [3.05, 3.63) is 65.7 Å². The Labute approximate surface area is 140 Å². The van der Waals surface area contributed by atoms with E-state index in [2.05, 4.69) is 10.6 Å². The van der Waals surface area contributed by atoms with E-state index in [1.54, 1.807) is 12.1 Å². The molecule has 0 saturated carbocycles. The normalized spacial score (nSPS) is 10.0. The van der Waals surface area contributed by atoms with Gasteiger partial charge in [0, 0.05) is 6.54 Å². The lowest BCUT2D eigenvalue weighted by atomic mass is 10.1. The van der Waals surface area contributed by atoms with Crippen molar-refractivity contribution in [1.29, 1.82) is 0 Å². The quantitative estimate of drug-likeness (QED) is 0.554. The van der Waals surface area contributed by atoms with Gasteiger partial charge in [-0.3, -0.25) is 14.4 Å². The van der Waals surface area contributed by atoms with E-state index in [4.69, 9.17) is 5.73 Å². The Morgan fingerprint density at radius 1 is 0.875 bits per heavy atom. The highest BCUT2D eigenvalue weighted by atomic mass is 16.2. The van der Waals surface area contributed by atoms with Crippen molar-refractivity contribution >= 4 is 23.4 Å². The van der Waals surface area contributed by atoms with Gasteiger partial charge in [0.15, 0.2) is 0 Å². The van der Waals surface area contributed by atoms with Crippen LogP contribution in [0.5, 0.6) is 0 Å². The molecule has 2 rings (SSSR count). The molecule has 0 heterocycles. The van der Waals surface area contributed by atoms with Crippen LogP contribution in [0.4, 0.5) is 5.69 Å². The van der Waals surface area contributed by atoms with Crippen molar-refractivity contribution in [1.82, 2.24) is 5.32 Å². The molecule has 6 heteroatoms. The first kappa shape index (κ1) is 17.2. The Hall–Kier alpha value is -3.15. The van der Waals surface area contributed by atoms with Gasteiger partial charge in [-0.25, -0.2) is 0 Å². The summed E-state index contributed by atoms with van der Waals surface area (Å²) in [4.78, 5) is 35.0. The largest absolute Gasteiger partial charge is 0.366 e. The van der Waals surface area contributed by atoms with Crippen LogP contribution in [0.3, 0.4) is 0 Å². The number of para-hydroxylation sites is 1. The average Bonchev–Trinajstić information content (AvgIpc) is 2.59. The van der Waals surface area contributed by atoms with Crippen molar-refractivity contribution in [3.8, 4) is 0 Å². The van der Waals surface area contributed by atoms with Crippen LogP contribution in [0.2, 0.25) is 0 Å². The average molecular weight is 325 g/mol. The molecule has 0 aliphatic carbocycles. The number of amides is 3. The second-order valence-electron chi connectivity index (χ2n) is 5.21. The van der Waals surface area contributed by atoms with E-state index < -0.39 is 17.7 Å². The summed E-state index contributed by atoms with van der Waals surface area (Å²) in [6, 6.07) is 16.1. The topological polar surface area (TPSA) is 101 Å². The maximum Gasteiger partial charge on any atom is 0.313 e. The highest BCUT2D eigenvalue weighted by molar-refractivity contribution is 6.40. The summed E-state index contributed by atoms with van der Waals surface area (Å²) < 4.78 is 0. The molecule has 2 aromatic rings. The number of carbonyl (C=O) groups is 3. The molecule has 124 valence electrons.